The zero-order valence-electron chi connectivity index (χ0n) is 16.5. The van der Waals surface area contributed by atoms with Crippen LogP contribution in [0.2, 0.25) is 0 Å². The number of anilines is 1. The summed E-state index contributed by atoms with van der Waals surface area (Å²) in [6.07, 6.45) is -2.17. The fraction of sp³-hybridized carbons (Fsp3) is 0.474. The van der Waals surface area contributed by atoms with E-state index in [2.05, 4.69) is 16.2 Å². The number of carbonyl (C=O) groups is 3. The number of nitrogen functional groups attached to an aromatic ring is 1. The first-order valence-electron chi connectivity index (χ1n) is 9.56. The first kappa shape index (κ1) is 20.5. The van der Waals surface area contributed by atoms with Gasteiger partial charge in [0.25, 0.3) is 0 Å². The second-order valence-corrected chi connectivity index (χ2v) is 7.19. The van der Waals surface area contributed by atoms with E-state index in [1.54, 1.807) is 6.07 Å². The second-order valence-electron chi connectivity index (χ2n) is 7.19. The minimum absolute atomic E-state index is 0.00399. The molecular weight excluding hydrogens is 410 g/mol. The van der Waals surface area contributed by atoms with Crippen LogP contribution < -0.4 is 5.73 Å². The molecule has 4 rings (SSSR count). The van der Waals surface area contributed by atoms with Gasteiger partial charge in [0, 0.05) is 19.8 Å². The summed E-state index contributed by atoms with van der Waals surface area (Å²) >= 11 is 0. The topological polar surface area (TPSA) is 168 Å². The normalized spacial score (nSPS) is 28.5. The Morgan fingerprint density at radius 1 is 1.35 bits per heavy atom. The lowest BCUT2D eigenvalue weighted by atomic mass is 9.92. The van der Waals surface area contributed by atoms with Gasteiger partial charge in [-0.25, -0.2) is 9.50 Å². The van der Waals surface area contributed by atoms with Crippen LogP contribution in [0.3, 0.4) is 0 Å². The number of rotatable bonds is 3. The highest BCUT2D eigenvalue weighted by Crippen LogP contribution is 2.44. The van der Waals surface area contributed by atoms with Gasteiger partial charge in [-0.3, -0.25) is 14.4 Å². The Kier molecular flexibility index (Phi) is 5.20. The maximum absolute atomic E-state index is 12.4. The molecule has 12 heteroatoms. The molecular formula is C19H19N5O7. The van der Waals surface area contributed by atoms with E-state index in [0.29, 0.717) is 5.52 Å². The first-order chi connectivity index (χ1) is 14.9. The highest BCUT2D eigenvalue weighted by atomic mass is 16.7. The molecule has 0 aromatic carbocycles. The number of ether oxygens (including phenoxy) is 4. The summed E-state index contributed by atoms with van der Waals surface area (Å²) in [6, 6.07) is 5.19. The molecule has 2 fully saturated rings. The molecule has 4 heterocycles. The molecule has 2 aromatic heterocycles. The zero-order chi connectivity index (χ0) is 22.2. The van der Waals surface area contributed by atoms with E-state index in [0.717, 1.165) is 0 Å². The van der Waals surface area contributed by atoms with Gasteiger partial charge in [-0.1, -0.05) is 0 Å². The van der Waals surface area contributed by atoms with Crippen LogP contribution >= 0.6 is 0 Å². The first-order valence-corrected chi connectivity index (χ1v) is 9.56. The van der Waals surface area contributed by atoms with E-state index < -0.39 is 41.8 Å². The van der Waals surface area contributed by atoms with Crippen LogP contribution in [-0.4, -0.2) is 57.4 Å². The predicted molar refractivity (Wildman–Crippen MR) is 99.8 cm³/mol. The highest BCUT2D eigenvalue weighted by Gasteiger charge is 2.62. The average molecular weight is 429 g/mol. The van der Waals surface area contributed by atoms with E-state index in [1.807, 2.05) is 0 Å². The smallest absolute Gasteiger partial charge is 0.306 e. The fourth-order valence-electron chi connectivity index (χ4n) is 3.79. The monoisotopic (exact) mass is 429 g/mol. The largest absolute Gasteiger partial charge is 0.463 e. The fourth-order valence-corrected chi connectivity index (χ4v) is 3.79. The van der Waals surface area contributed by atoms with Gasteiger partial charge >= 0.3 is 17.9 Å². The standard InChI is InChI=1S/C19H19N5O7/c1-10(25)28-7-12-16-17(30-15(27)4-2-3-14(26)29-16)19(8-20,31-12)13-6-5-11-18(21)22-9-23-24(11)13/h5-6,9,12,16-17H,2-4,7H2,1H3,(H2,21,22,23)/t12-,16-,17-,19+/m1/s1. The summed E-state index contributed by atoms with van der Waals surface area (Å²) in [5.41, 5.74) is 4.58. The molecule has 0 bridgehead atoms. The lowest BCUT2D eigenvalue weighted by molar-refractivity contribution is -0.167. The summed E-state index contributed by atoms with van der Waals surface area (Å²) in [5.74, 6) is -1.61. The SMILES string of the molecule is CC(=O)OC[C@H]1O[C@@](C#N)(c2ccc3c(N)ncnn23)[C@@H]2OC(=O)CCCC(=O)O[C@@H]21. The number of nitriles is 1. The van der Waals surface area contributed by atoms with Crippen molar-refractivity contribution in [3.63, 3.8) is 0 Å². The third-order valence-electron chi connectivity index (χ3n) is 5.17. The van der Waals surface area contributed by atoms with Crippen molar-refractivity contribution in [2.75, 3.05) is 12.3 Å². The third kappa shape index (κ3) is 3.53. The summed E-state index contributed by atoms with van der Waals surface area (Å²) in [6.45, 7) is 0.893. The van der Waals surface area contributed by atoms with Gasteiger partial charge in [0.15, 0.2) is 18.0 Å². The Labute approximate surface area is 175 Å². The summed E-state index contributed by atoms with van der Waals surface area (Å²) < 4.78 is 23.5. The van der Waals surface area contributed by atoms with Crippen molar-refractivity contribution in [3.8, 4) is 6.07 Å². The third-order valence-corrected chi connectivity index (χ3v) is 5.17. The van der Waals surface area contributed by atoms with E-state index >= 15 is 0 Å². The minimum atomic E-state index is -1.91. The molecule has 2 aromatic rings. The van der Waals surface area contributed by atoms with Crippen molar-refractivity contribution in [1.29, 1.82) is 5.26 Å². The molecule has 4 atom stereocenters. The molecule has 0 spiro atoms. The molecule has 0 radical (unpaired) electrons. The quantitative estimate of drug-likeness (QED) is 0.515. The number of nitrogens with two attached hydrogens (primary N) is 1. The zero-order valence-corrected chi connectivity index (χ0v) is 16.5. The number of aromatic nitrogens is 3. The molecule has 2 aliphatic rings. The van der Waals surface area contributed by atoms with Crippen LogP contribution in [-0.2, 0) is 38.9 Å². The number of esters is 3. The van der Waals surface area contributed by atoms with Crippen LogP contribution in [0.1, 0.15) is 31.9 Å². The Morgan fingerprint density at radius 2 is 2.10 bits per heavy atom. The molecule has 0 saturated carbocycles. The van der Waals surface area contributed by atoms with Gasteiger partial charge in [0.1, 0.15) is 30.6 Å². The molecule has 0 unspecified atom stereocenters. The van der Waals surface area contributed by atoms with Crippen molar-refractivity contribution in [1.82, 2.24) is 14.6 Å². The number of nitrogens with zero attached hydrogens (tertiary/aromatic N) is 4. The van der Waals surface area contributed by atoms with Gasteiger partial charge < -0.3 is 24.7 Å². The number of hydrogen-bond acceptors (Lipinski definition) is 11. The van der Waals surface area contributed by atoms with Gasteiger partial charge in [-0.15, -0.1) is 0 Å². The van der Waals surface area contributed by atoms with Gasteiger partial charge in [0.05, 0.1) is 5.69 Å². The van der Waals surface area contributed by atoms with Crippen molar-refractivity contribution in [2.45, 2.75) is 50.1 Å². The maximum Gasteiger partial charge on any atom is 0.306 e. The van der Waals surface area contributed by atoms with E-state index in [-0.39, 0.29) is 37.4 Å². The molecule has 2 N–H and O–H groups in total. The van der Waals surface area contributed by atoms with Crippen molar-refractivity contribution in [3.05, 3.63) is 24.2 Å². The van der Waals surface area contributed by atoms with Crippen LogP contribution in [0.25, 0.3) is 5.52 Å². The Hall–Kier alpha value is -3.72. The van der Waals surface area contributed by atoms with Gasteiger partial charge in [-0.2, -0.15) is 10.4 Å². The Morgan fingerprint density at radius 3 is 2.81 bits per heavy atom. The lowest BCUT2D eigenvalue weighted by Crippen LogP contribution is -2.45. The molecule has 0 amide bonds. The van der Waals surface area contributed by atoms with Gasteiger partial charge in [0.2, 0.25) is 5.60 Å². The molecule has 12 nitrogen and oxygen atoms in total. The summed E-state index contributed by atoms with van der Waals surface area (Å²) in [5, 5.41) is 14.4. The molecule has 31 heavy (non-hydrogen) atoms. The predicted octanol–water partition coefficient (Wildman–Crippen LogP) is -0.000220. The van der Waals surface area contributed by atoms with E-state index in [4.69, 9.17) is 24.7 Å². The van der Waals surface area contributed by atoms with Crippen molar-refractivity contribution >= 4 is 29.2 Å². The minimum Gasteiger partial charge on any atom is -0.463 e. The maximum atomic E-state index is 12.4. The van der Waals surface area contributed by atoms with Crippen LogP contribution in [0.15, 0.2) is 18.5 Å². The number of hydrogen-bond donors (Lipinski definition) is 1. The summed E-state index contributed by atoms with van der Waals surface area (Å²) in [4.78, 5) is 40.0. The van der Waals surface area contributed by atoms with Gasteiger partial charge in [-0.05, 0) is 18.6 Å². The Bertz CT molecular complexity index is 1090. The molecule has 2 saturated heterocycles. The van der Waals surface area contributed by atoms with E-state index in [9.17, 15) is 19.6 Å². The number of fused-ring (bicyclic) bond motifs is 2. The highest BCUT2D eigenvalue weighted by molar-refractivity contribution is 5.74. The molecule has 0 aliphatic carbocycles. The average Bonchev–Trinajstić information content (AvgIpc) is 3.29. The van der Waals surface area contributed by atoms with Crippen molar-refractivity contribution < 1.29 is 33.3 Å². The summed E-state index contributed by atoms with van der Waals surface area (Å²) in [7, 11) is 0. The lowest BCUT2D eigenvalue weighted by Gasteiger charge is -2.28. The number of carbonyl (C=O) groups excluding carboxylic acids is 3. The van der Waals surface area contributed by atoms with E-state index in [1.165, 1.54) is 23.8 Å². The Balaban J connectivity index is 1.85. The van der Waals surface area contributed by atoms with Crippen LogP contribution in [0, 0.1) is 11.3 Å². The van der Waals surface area contributed by atoms with Crippen molar-refractivity contribution in [2.24, 2.45) is 0 Å². The second kappa shape index (κ2) is 7.84. The molecule has 162 valence electrons. The molecule has 2 aliphatic heterocycles. The van der Waals surface area contributed by atoms with Crippen LogP contribution in [0.5, 0.6) is 0 Å². The van der Waals surface area contributed by atoms with Crippen LogP contribution in [0.4, 0.5) is 5.82 Å².